The third-order valence-corrected chi connectivity index (χ3v) is 5.53. The molecule has 0 unspecified atom stereocenters. The van der Waals surface area contributed by atoms with Crippen LogP contribution in [0.4, 0.5) is 0 Å². The van der Waals surface area contributed by atoms with E-state index < -0.39 is 0 Å². The number of H-pyrrole nitrogens is 1. The van der Waals surface area contributed by atoms with Gasteiger partial charge in [-0.05, 0) is 43.7 Å². The van der Waals surface area contributed by atoms with Crippen LogP contribution >= 0.6 is 23.4 Å². The van der Waals surface area contributed by atoms with Crippen LogP contribution in [0.2, 0.25) is 5.02 Å². The predicted molar refractivity (Wildman–Crippen MR) is 106 cm³/mol. The number of aromatic amines is 1. The second-order valence-electron chi connectivity index (χ2n) is 6.37. The molecule has 2 heterocycles. The monoisotopic (exact) mass is 409 g/mol. The first-order chi connectivity index (χ1) is 13.1. The molecule has 0 radical (unpaired) electrons. The molecule has 9 heteroatoms. The first-order valence-electron chi connectivity index (χ1n) is 9.06. The maximum absolute atomic E-state index is 12.1. The van der Waals surface area contributed by atoms with Gasteiger partial charge in [0.25, 0.3) is 0 Å². The smallest absolute Gasteiger partial charge is 0.230 e. The second kappa shape index (κ2) is 9.96. The molecule has 1 aromatic carbocycles. The van der Waals surface area contributed by atoms with Crippen molar-refractivity contribution in [1.29, 1.82) is 0 Å². The molecular formula is C18H24ClN5O2S. The van der Waals surface area contributed by atoms with E-state index in [2.05, 4.69) is 32.3 Å². The summed E-state index contributed by atoms with van der Waals surface area (Å²) in [5.41, 5.74) is 0. The van der Waals surface area contributed by atoms with Crippen molar-refractivity contribution in [3.63, 3.8) is 0 Å². The van der Waals surface area contributed by atoms with Gasteiger partial charge in [0.1, 0.15) is 12.4 Å². The highest BCUT2D eigenvalue weighted by molar-refractivity contribution is 7.99. The number of carbonyl (C=O) groups is 1. The number of benzene rings is 1. The number of hydrogen-bond donors (Lipinski definition) is 2. The highest BCUT2D eigenvalue weighted by Crippen LogP contribution is 2.17. The standard InChI is InChI=1S/C18H24ClN5O2S/c1-2-24-9-7-14(8-10-24)20-17(25)12-27-18-21-16(22-23-18)11-26-15-5-3-13(19)4-6-15/h3-6,14H,2,7-12H2,1H3,(H,20,25)(H,21,22,23). The largest absolute Gasteiger partial charge is 0.486 e. The van der Waals surface area contributed by atoms with Gasteiger partial charge in [0.15, 0.2) is 5.82 Å². The molecule has 1 aliphatic heterocycles. The molecule has 27 heavy (non-hydrogen) atoms. The molecular weight excluding hydrogens is 386 g/mol. The van der Waals surface area contributed by atoms with Crippen molar-refractivity contribution >= 4 is 29.3 Å². The van der Waals surface area contributed by atoms with Crippen LogP contribution in [0.3, 0.4) is 0 Å². The van der Waals surface area contributed by atoms with Gasteiger partial charge >= 0.3 is 0 Å². The molecule has 1 saturated heterocycles. The van der Waals surface area contributed by atoms with E-state index in [1.165, 1.54) is 11.8 Å². The van der Waals surface area contributed by atoms with E-state index in [1.54, 1.807) is 24.3 Å². The molecule has 0 spiro atoms. The fourth-order valence-corrected chi connectivity index (χ4v) is 3.64. The van der Waals surface area contributed by atoms with Crippen LogP contribution in [-0.2, 0) is 11.4 Å². The van der Waals surface area contributed by atoms with E-state index in [-0.39, 0.29) is 18.6 Å². The number of hydrogen-bond acceptors (Lipinski definition) is 6. The zero-order chi connectivity index (χ0) is 19.1. The fourth-order valence-electron chi connectivity index (χ4n) is 2.88. The van der Waals surface area contributed by atoms with Crippen LogP contribution in [0.15, 0.2) is 29.4 Å². The van der Waals surface area contributed by atoms with Crippen molar-refractivity contribution in [2.24, 2.45) is 0 Å². The van der Waals surface area contributed by atoms with Gasteiger partial charge in [0, 0.05) is 24.2 Å². The minimum atomic E-state index is 0.0266. The molecule has 1 amide bonds. The summed E-state index contributed by atoms with van der Waals surface area (Å²) >= 11 is 7.16. The number of carbonyl (C=O) groups excluding carboxylic acids is 1. The van der Waals surface area contributed by atoms with Crippen LogP contribution in [0.5, 0.6) is 5.75 Å². The third kappa shape index (κ3) is 6.41. The molecule has 2 N–H and O–H groups in total. The van der Waals surface area contributed by atoms with Gasteiger partial charge in [-0.25, -0.2) is 4.98 Å². The summed E-state index contributed by atoms with van der Waals surface area (Å²) in [6.07, 6.45) is 2.02. The summed E-state index contributed by atoms with van der Waals surface area (Å²) in [5, 5.41) is 11.3. The number of halogens is 1. The molecule has 0 aliphatic carbocycles. The Bertz CT molecular complexity index is 732. The lowest BCUT2D eigenvalue weighted by Crippen LogP contribution is -2.45. The number of likely N-dealkylation sites (tertiary alicyclic amines) is 1. The van der Waals surface area contributed by atoms with Gasteiger partial charge in [-0.2, -0.15) is 0 Å². The van der Waals surface area contributed by atoms with Crippen molar-refractivity contribution in [2.75, 3.05) is 25.4 Å². The van der Waals surface area contributed by atoms with Crippen molar-refractivity contribution in [2.45, 2.75) is 37.6 Å². The van der Waals surface area contributed by atoms with E-state index in [9.17, 15) is 4.79 Å². The highest BCUT2D eigenvalue weighted by Gasteiger charge is 2.19. The third-order valence-electron chi connectivity index (χ3n) is 4.43. The Morgan fingerprint density at radius 2 is 2.11 bits per heavy atom. The Hall–Kier alpha value is -1.77. The molecule has 146 valence electrons. The van der Waals surface area contributed by atoms with Crippen LogP contribution in [0, 0.1) is 0 Å². The van der Waals surface area contributed by atoms with Gasteiger partial charge < -0.3 is 15.0 Å². The second-order valence-corrected chi connectivity index (χ2v) is 7.75. The molecule has 1 aliphatic rings. The van der Waals surface area contributed by atoms with E-state index in [0.717, 1.165) is 32.5 Å². The molecule has 2 aromatic rings. The lowest BCUT2D eigenvalue weighted by atomic mass is 10.1. The Balaban J connectivity index is 1.37. The normalized spacial score (nSPS) is 15.6. The minimum absolute atomic E-state index is 0.0266. The SMILES string of the molecule is CCN1CCC(NC(=O)CSc2n[nH]c(COc3ccc(Cl)cc3)n2)CC1. The first-order valence-corrected chi connectivity index (χ1v) is 10.4. The summed E-state index contributed by atoms with van der Waals surface area (Å²) < 4.78 is 5.62. The molecule has 7 nitrogen and oxygen atoms in total. The first kappa shape index (κ1) is 20.0. The topological polar surface area (TPSA) is 83.1 Å². The number of nitrogens with zero attached hydrogens (tertiary/aromatic N) is 3. The number of thioether (sulfide) groups is 1. The zero-order valence-electron chi connectivity index (χ0n) is 15.3. The average molecular weight is 410 g/mol. The van der Waals surface area contributed by atoms with Crippen molar-refractivity contribution in [3.8, 4) is 5.75 Å². The summed E-state index contributed by atoms with van der Waals surface area (Å²) in [5.74, 6) is 1.65. The highest BCUT2D eigenvalue weighted by atomic mass is 35.5. The number of amides is 1. The maximum atomic E-state index is 12.1. The summed E-state index contributed by atoms with van der Waals surface area (Å²) in [6, 6.07) is 7.40. The van der Waals surface area contributed by atoms with Crippen LogP contribution in [-0.4, -0.2) is 57.4 Å². The number of nitrogens with one attached hydrogen (secondary N) is 2. The number of ether oxygens (including phenoxy) is 1. The Morgan fingerprint density at radius 1 is 1.37 bits per heavy atom. The number of piperidine rings is 1. The van der Waals surface area contributed by atoms with Gasteiger partial charge in [-0.1, -0.05) is 30.3 Å². The zero-order valence-corrected chi connectivity index (χ0v) is 16.9. The van der Waals surface area contributed by atoms with Crippen molar-refractivity contribution in [1.82, 2.24) is 25.4 Å². The van der Waals surface area contributed by atoms with Gasteiger partial charge in [0.05, 0.1) is 5.75 Å². The average Bonchev–Trinajstić information content (AvgIpc) is 3.14. The minimum Gasteiger partial charge on any atom is -0.486 e. The molecule has 3 rings (SSSR count). The van der Waals surface area contributed by atoms with Gasteiger partial charge in [-0.3, -0.25) is 9.89 Å². The predicted octanol–water partition coefficient (Wildman–Crippen LogP) is 2.73. The Labute approximate surface area is 168 Å². The van der Waals surface area contributed by atoms with Gasteiger partial charge in [0.2, 0.25) is 11.1 Å². The molecule has 1 fully saturated rings. The Kier molecular flexibility index (Phi) is 7.37. The van der Waals surface area contributed by atoms with E-state index in [0.29, 0.717) is 27.5 Å². The summed E-state index contributed by atoms with van der Waals surface area (Å²) in [4.78, 5) is 18.9. The van der Waals surface area contributed by atoms with Crippen molar-refractivity contribution in [3.05, 3.63) is 35.1 Å². The maximum Gasteiger partial charge on any atom is 0.230 e. The number of rotatable bonds is 8. The van der Waals surface area contributed by atoms with Gasteiger partial charge in [-0.15, -0.1) is 5.10 Å². The van der Waals surface area contributed by atoms with Crippen molar-refractivity contribution < 1.29 is 9.53 Å². The van der Waals surface area contributed by atoms with Crippen LogP contribution in [0.1, 0.15) is 25.6 Å². The molecule has 1 aromatic heterocycles. The Morgan fingerprint density at radius 3 is 2.81 bits per heavy atom. The fraction of sp³-hybridized carbons (Fsp3) is 0.500. The molecule has 0 saturated carbocycles. The number of aromatic nitrogens is 3. The van der Waals surface area contributed by atoms with Crippen LogP contribution in [0.25, 0.3) is 0 Å². The van der Waals surface area contributed by atoms with Crippen LogP contribution < -0.4 is 10.1 Å². The summed E-state index contributed by atoms with van der Waals surface area (Å²) in [6.45, 7) is 5.61. The summed E-state index contributed by atoms with van der Waals surface area (Å²) in [7, 11) is 0. The lowest BCUT2D eigenvalue weighted by molar-refractivity contribution is -0.119. The quantitative estimate of drug-likeness (QED) is 0.652. The van der Waals surface area contributed by atoms with E-state index in [1.807, 2.05) is 0 Å². The van der Waals surface area contributed by atoms with E-state index >= 15 is 0 Å². The molecule has 0 bridgehead atoms. The van der Waals surface area contributed by atoms with E-state index in [4.69, 9.17) is 16.3 Å². The lowest BCUT2D eigenvalue weighted by Gasteiger charge is -2.31. The molecule has 0 atom stereocenters.